The number of carbonyl (C=O) groups excluding carboxylic acids is 1. The summed E-state index contributed by atoms with van der Waals surface area (Å²) in [6, 6.07) is 0. The molecule has 4 saturated carbocycles. The highest BCUT2D eigenvalue weighted by Crippen LogP contribution is 2.71. The molecule has 0 radical (unpaired) electrons. The van der Waals surface area contributed by atoms with Crippen molar-refractivity contribution < 1.29 is 74.1 Å². The second kappa shape index (κ2) is 14.1. The van der Waals surface area contributed by atoms with Crippen LogP contribution in [0.1, 0.15) is 86.0 Å². The van der Waals surface area contributed by atoms with E-state index in [9.17, 15) is 45.6 Å². The van der Waals surface area contributed by atoms with E-state index in [0.717, 1.165) is 32.1 Å². The molecule has 4 saturated heterocycles. The third-order valence-electron chi connectivity index (χ3n) is 16.2. The van der Waals surface area contributed by atoms with Gasteiger partial charge in [-0.15, -0.1) is 0 Å². The molecular weight excluding hydrogens is 708 g/mol. The highest BCUT2D eigenvalue weighted by atomic mass is 16.8. The Kier molecular flexibility index (Phi) is 10.3. The van der Waals surface area contributed by atoms with Gasteiger partial charge in [0.05, 0.1) is 36.9 Å². The Morgan fingerprint density at radius 2 is 1.46 bits per heavy atom. The van der Waals surface area contributed by atoms with Crippen LogP contribution in [0.2, 0.25) is 0 Å². The standard InChI is InChI=1S/C39H62O15/c1-15-12-23(41)39(54-34(15)48)16(2)24-32(53-39)28(44)25-20-7-6-18-13-19(8-10-37(18,4)21(20)9-11-38(24,25)5)50-36-33(30(46)27(43)22(14-40)51-36)52-35-31(47)29(45)26(42)17(3)49-35/h15-33,35-36,40-47H,6-14H2,1-5H3. The zero-order valence-corrected chi connectivity index (χ0v) is 31.9. The molecule has 15 heteroatoms. The van der Waals surface area contributed by atoms with Gasteiger partial charge in [0.25, 0.3) is 0 Å². The molecular formula is C39H62O15. The predicted molar refractivity (Wildman–Crippen MR) is 184 cm³/mol. The van der Waals surface area contributed by atoms with Crippen molar-refractivity contribution in [1.82, 2.24) is 0 Å². The lowest BCUT2D eigenvalue weighted by atomic mass is 9.44. The van der Waals surface area contributed by atoms with E-state index in [1.54, 1.807) is 6.92 Å². The van der Waals surface area contributed by atoms with Crippen LogP contribution < -0.4 is 0 Å². The third-order valence-corrected chi connectivity index (χ3v) is 16.2. The molecule has 24 unspecified atom stereocenters. The van der Waals surface area contributed by atoms with Gasteiger partial charge >= 0.3 is 5.97 Å². The molecule has 8 fully saturated rings. The van der Waals surface area contributed by atoms with E-state index in [1.165, 1.54) is 6.92 Å². The van der Waals surface area contributed by atoms with Crippen LogP contribution in [0.15, 0.2) is 0 Å². The number of esters is 1. The lowest BCUT2D eigenvalue weighted by Gasteiger charge is -2.61. The second-order valence-electron chi connectivity index (χ2n) is 18.8. The zero-order chi connectivity index (χ0) is 38.8. The van der Waals surface area contributed by atoms with E-state index in [2.05, 4.69) is 13.8 Å². The van der Waals surface area contributed by atoms with Crippen molar-refractivity contribution in [3.8, 4) is 0 Å². The number of aliphatic hydroxyl groups excluding tert-OH is 8. The fourth-order valence-electron chi connectivity index (χ4n) is 13.2. The summed E-state index contributed by atoms with van der Waals surface area (Å²) in [5.41, 5.74) is -0.281. The third kappa shape index (κ3) is 5.81. The predicted octanol–water partition coefficient (Wildman–Crippen LogP) is -0.0620. The van der Waals surface area contributed by atoms with Gasteiger partial charge in [0.2, 0.25) is 5.79 Å². The van der Waals surface area contributed by atoms with Crippen molar-refractivity contribution >= 4 is 5.97 Å². The normalized spacial score (nSPS) is 59.9. The molecule has 24 atom stereocenters. The summed E-state index contributed by atoms with van der Waals surface area (Å²) >= 11 is 0. The van der Waals surface area contributed by atoms with Crippen molar-refractivity contribution in [3.63, 3.8) is 0 Å². The topological polar surface area (TPSA) is 234 Å². The first kappa shape index (κ1) is 39.8. The molecule has 8 N–H and O–H groups in total. The van der Waals surface area contributed by atoms with Crippen molar-refractivity contribution in [2.75, 3.05) is 6.61 Å². The molecule has 4 heterocycles. The minimum Gasteiger partial charge on any atom is -0.430 e. The van der Waals surface area contributed by atoms with Crippen molar-refractivity contribution in [2.45, 2.75) is 178 Å². The Morgan fingerprint density at radius 3 is 2.19 bits per heavy atom. The minimum absolute atomic E-state index is 0.00439. The van der Waals surface area contributed by atoms with Gasteiger partial charge in [0.1, 0.15) is 48.8 Å². The molecule has 0 aromatic rings. The largest absolute Gasteiger partial charge is 0.430 e. The first-order valence-electron chi connectivity index (χ1n) is 20.4. The average Bonchev–Trinajstić information content (AvgIpc) is 3.55. The summed E-state index contributed by atoms with van der Waals surface area (Å²) in [5, 5.41) is 86.3. The number of ether oxygens (including phenoxy) is 6. The summed E-state index contributed by atoms with van der Waals surface area (Å²) in [4.78, 5) is 12.7. The summed E-state index contributed by atoms with van der Waals surface area (Å²) in [6.45, 7) is 9.34. The number of fused-ring (bicyclic) bond motifs is 7. The molecule has 1 spiro atoms. The Balaban J connectivity index is 0.963. The Morgan fingerprint density at radius 1 is 0.741 bits per heavy atom. The van der Waals surface area contributed by atoms with Crippen LogP contribution in [-0.4, -0.2) is 145 Å². The van der Waals surface area contributed by atoms with E-state index in [4.69, 9.17) is 28.4 Å². The monoisotopic (exact) mass is 770 g/mol. The maximum atomic E-state index is 12.7. The maximum absolute atomic E-state index is 12.7. The molecule has 0 aromatic heterocycles. The Hall–Kier alpha value is -1.05. The first-order valence-corrected chi connectivity index (χ1v) is 20.4. The SMILES string of the molecule is CC1CC(O)C2(OC1=O)OC1C(O)C3C4CCC5CC(OC6OC(CO)C(O)C(O)C6OC6OC(C)C(O)C(O)C6O)CCC5(C)C4CCC3(C)C1C2C. The van der Waals surface area contributed by atoms with Crippen molar-refractivity contribution in [2.24, 2.45) is 52.3 Å². The van der Waals surface area contributed by atoms with Crippen LogP contribution in [0.5, 0.6) is 0 Å². The molecule has 0 bridgehead atoms. The van der Waals surface area contributed by atoms with Gasteiger partial charge in [0.15, 0.2) is 12.6 Å². The highest BCUT2D eigenvalue weighted by molar-refractivity contribution is 5.73. The summed E-state index contributed by atoms with van der Waals surface area (Å²) in [5.74, 6) is -1.63. The van der Waals surface area contributed by atoms with Crippen LogP contribution in [0.25, 0.3) is 0 Å². The van der Waals surface area contributed by atoms with Gasteiger partial charge in [-0.25, -0.2) is 0 Å². The van der Waals surface area contributed by atoms with Crippen LogP contribution in [0.3, 0.4) is 0 Å². The van der Waals surface area contributed by atoms with Crippen LogP contribution in [0, 0.1) is 52.3 Å². The van der Waals surface area contributed by atoms with Gasteiger partial charge < -0.3 is 69.3 Å². The molecule has 0 amide bonds. The average molecular weight is 771 g/mol. The lowest BCUT2D eigenvalue weighted by molar-refractivity contribution is -0.371. The second-order valence-corrected chi connectivity index (χ2v) is 18.8. The van der Waals surface area contributed by atoms with Gasteiger partial charge in [-0.1, -0.05) is 27.7 Å². The maximum Gasteiger partial charge on any atom is 0.311 e. The van der Waals surface area contributed by atoms with Crippen LogP contribution in [-0.2, 0) is 33.2 Å². The van der Waals surface area contributed by atoms with Crippen molar-refractivity contribution in [3.05, 3.63) is 0 Å². The van der Waals surface area contributed by atoms with E-state index in [0.29, 0.717) is 24.7 Å². The van der Waals surface area contributed by atoms with Crippen LogP contribution >= 0.6 is 0 Å². The van der Waals surface area contributed by atoms with Crippen molar-refractivity contribution in [1.29, 1.82) is 0 Å². The molecule has 15 nitrogen and oxygen atoms in total. The number of aliphatic hydroxyl groups is 8. The van der Waals surface area contributed by atoms with E-state index >= 15 is 0 Å². The molecule has 54 heavy (non-hydrogen) atoms. The quantitative estimate of drug-likeness (QED) is 0.135. The molecule has 0 aromatic carbocycles. The minimum atomic E-state index is -1.64. The lowest BCUT2D eigenvalue weighted by Crippen LogP contribution is -2.64. The van der Waals surface area contributed by atoms with Gasteiger partial charge in [-0.3, -0.25) is 4.79 Å². The number of hydrogen-bond acceptors (Lipinski definition) is 15. The fraction of sp³-hybridized carbons (Fsp3) is 0.974. The zero-order valence-electron chi connectivity index (χ0n) is 31.9. The molecule has 308 valence electrons. The fourth-order valence-corrected chi connectivity index (χ4v) is 13.2. The Labute approximate surface area is 316 Å². The van der Waals surface area contributed by atoms with E-state index < -0.39 is 98.0 Å². The molecule has 4 aliphatic carbocycles. The van der Waals surface area contributed by atoms with Crippen LogP contribution in [0.4, 0.5) is 0 Å². The Bertz CT molecular complexity index is 1400. The van der Waals surface area contributed by atoms with E-state index in [-0.39, 0.29) is 53.0 Å². The highest BCUT2D eigenvalue weighted by Gasteiger charge is 2.74. The number of carbonyl (C=O) groups is 1. The summed E-state index contributed by atoms with van der Waals surface area (Å²) in [7, 11) is 0. The molecule has 8 rings (SSSR count). The summed E-state index contributed by atoms with van der Waals surface area (Å²) < 4.78 is 36.5. The first-order chi connectivity index (χ1) is 25.5. The van der Waals surface area contributed by atoms with Gasteiger partial charge in [-0.2, -0.15) is 0 Å². The number of hydrogen-bond donors (Lipinski definition) is 8. The van der Waals surface area contributed by atoms with Gasteiger partial charge in [0, 0.05) is 11.8 Å². The molecule has 4 aliphatic heterocycles. The molecule has 8 aliphatic rings. The number of rotatable bonds is 5. The summed E-state index contributed by atoms with van der Waals surface area (Å²) in [6.07, 6.45) is -10.0. The van der Waals surface area contributed by atoms with E-state index in [1.807, 2.05) is 6.92 Å². The van der Waals surface area contributed by atoms with Gasteiger partial charge in [-0.05, 0) is 92.8 Å². The smallest absolute Gasteiger partial charge is 0.311 e.